The van der Waals surface area contributed by atoms with E-state index in [1.165, 1.54) is 0 Å². The zero-order valence-electron chi connectivity index (χ0n) is 19.8. The molecule has 0 aromatic carbocycles. The maximum Gasteiger partial charge on any atom is 0.404 e. The van der Waals surface area contributed by atoms with Crippen LogP contribution in [0.5, 0.6) is 0 Å². The van der Waals surface area contributed by atoms with Gasteiger partial charge in [-0.15, -0.1) is 0 Å². The maximum absolute atomic E-state index is 12.3. The largest absolute Gasteiger partial charge is 0.423 e. The van der Waals surface area contributed by atoms with Crippen molar-refractivity contribution in [3.05, 3.63) is 0 Å². The minimum Gasteiger partial charge on any atom is -0.423 e. The van der Waals surface area contributed by atoms with Gasteiger partial charge in [0.1, 0.15) is 6.61 Å². The van der Waals surface area contributed by atoms with Crippen LogP contribution in [-0.4, -0.2) is 74.2 Å². The molecule has 1 fully saturated rings. The van der Waals surface area contributed by atoms with Crippen LogP contribution in [0.15, 0.2) is 0 Å². The molecule has 0 saturated carbocycles. The first-order chi connectivity index (χ1) is 15.8. The predicted octanol–water partition coefficient (Wildman–Crippen LogP) is 0.102. The van der Waals surface area contributed by atoms with Crippen LogP contribution < -0.4 is 0 Å². The summed E-state index contributed by atoms with van der Waals surface area (Å²) in [5.41, 5.74) is 0. The molecule has 0 aliphatic carbocycles. The van der Waals surface area contributed by atoms with Crippen LogP contribution >= 0.6 is 0 Å². The van der Waals surface area contributed by atoms with E-state index in [0.717, 1.165) is 0 Å². The number of hydrogen-bond donors (Lipinski definition) is 4. The number of esters is 4. The fraction of sp³-hybridized carbons (Fsp3) is 0.810. The standard InChI is InChI=1S/C21H34O13/c1-5-9-14(22)31-18(26)13-30-21(29,34-17(25)12-8-4)20(28,33-16(24)11-7-3)19(18,27)32-15(23)10-6-2/h26-29H,5-13H2,1-4H3/t18-,19+,20-,21?/m1/s1. The molecule has 1 heterocycles. The van der Waals surface area contributed by atoms with Gasteiger partial charge >= 0.3 is 47.2 Å². The highest BCUT2D eigenvalue weighted by Gasteiger charge is 2.85. The highest BCUT2D eigenvalue weighted by atomic mass is 16.9. The van der Waals surface area contributed by atoms with Crippen LogP contribution in [0.2, 0.25) is 0 Å². The number of carbonyl (C=O) groups excluding carboxylic acids is 4. The molecule has 34 heavy (non-hydrogen) atoms. The van der Waals surface area contributed by atoms with Gasteiger partial charge in [0, 0.05) is 25.7 Å². The summed E-state index contributed by atoms with van der Waals surface area (Å²) < 4.78 is 24.2. The Hall–Kier alpha value is -2.32. The Morgan fingerprint density at radius 2 is 0.971 bits per heavy atom. The van der Waals surface area contributed by atoms with Crippen molar-refractivity contribution in [3.63, 3.8) is 0 Å². The van der Waals surface area contributed by atoms with E-state index in [1.807, 2.05) is 0 Å². The first-order valence-electron chi connectivity index (χ1n) is 11.2. The van der Waals surface area contributed by atoms with Gasteiger partial charge in [-0.25, -0.2) is 0 Å². The summed E-state index contributed by atoms with van der Waals surface area (Å²) in [7, 11) is 0. The number of ether oxygens (including phenoxy) is 5. The maximum atomic E-state index is 12.3. The highest BCUT2D eigenvalue weighted by Crippen LogP contribution is 2.49. The van der Waals surface area contributed by atoms with E-state index in [-0.39, 0.29) is 51.4 Å². The molecule has 0 spiro atoms. The third-order valence-electron chi connectivity index (χ3n) is 4.75. The Morgan fingerprint density at radius 1 is 0.618 bits per heavy atom. The highest BCUT2D eigenvalue weighted by molar-refractivity contribution is 5.73. The average molecular weight is 494 g/mol. The lowest BCUT2D eigenvalue weighted by atomic mass is 9.90. The second-order valence-electron chi connectivity index (χ2n) is 7.84. The quantitative estimate of drug-likeness (QED) is 0.162. The molecule has 4 N–H and O–H groups in total. The number of aliphatic hydroxyl groups is 4. The summed E-state index contributed by atoms with van der Waals surface area (Å²) in [6.45, 7) is 4.97. The summed E-state index contributed by atoms with van der Waals surface area (Å²) >= 11 is 0. The summed E-state index contributed by atoms with van der Waals surface area (Å²) in [6.07, 6.45) is -0.477. The van der Waals surface area contributed by atoms with Crippen molar-refractivity contribution in [2.75, 3.05) is 6.61 Å². The summed E-state index contributed by atoms with van der Waals surface area (Å²) in [6, 6.07) is 0. The lowest BCUT2D eigenvalue weighted by molar-refractivity contribution is -0.579. The number of rotatable bonds is 12. The van der Waals surface area contributed by atoms with Crippen molar-refractivity contribution >= 4 is 23.9 Å². The average Bonchev–Trinajstić information content (AvgIpc) is 2.71. The number of hydrogen-bond acceptors (Lipinski definition) is 13. The summed E-state index contributed by atoms with van der Waals surface area (Å²) in [5.74, 6) is -19.7. The molecule has 0 amide bonds. The van der Waals surface area contributed by atoms with Crippen LogP contribution in [0.4, 0.5) is 0 Å². The van der Waals surface area contributed by atoms with Gasteiger partial charge in [-0.05, 0) is 25.7 Å². The molecule has 1 unspecified atom stereocenters. The molecular formula is C21H34O13. The molecule has 196 valence electrons. The third-order valence-corrected chi connectivity index (χ3v) is 4.75. The first kappa shape index (κ1) is 29.7. The van der Waals surface area contributed by atoms with E-state index in [9.17, 15) is 39.6 Å². The molecule has 0 radical (unpaired) electrons. The van der Waals surface area contributed by atoms with Crippen LogP contribution in [0.25, 0.3) is 0 Å². The Bertz CT molecular complexity index is 693. The van der Waals surface area contributed by atoms with Crippen LogP contribution in [0, 0.1) is 0 Å². The van der Waals surface area contributed by atoms with E-state index in [1.54, 1.807) is 27.7 Å². The zero-order chi connectivity index (χ0) is 26.2. The van der Waals surface area contributed by atoms with Gasteiger partial charge in [-0.2, -0.15) is 0 Å². The molecule has 0 aromatic rings. The van der Waals surface area contributed by atoms with Crippen molar-refractivity contribution in [1.29, 1.82) is 0 Å². The van der Waals surface area contributed by atoms with Gasteiger partial charge < -0.3 is 44.1 Å². The monoisotopic (exact) mass is 494 g/mol. The second-order valence-corrected chi connectivity index (χ2v) is 7.84. The third kappa shape index (κ3) is 6.02. The smallest absolute Gasteiger partial charge is 0.404 e. The fourth-order valence-electron chi connectivity index (χ4n) is 3.04. The lowest BCUT2D eigenvalue weighted by Gasteiger charge is -2.55. The van der Waals surface area contributed by atoms with Crippen molar-refractivity contribution < 1.29 is 63.3 Å². The second kappa shape index (κ2) is 11.9. The molecule has 4 atom stereocenters. The Balaban J connectivity index is 3.71. The van der Waals surface area contributed by atoms with E-state index in [4.69, 9.17) is 23.7 Å². The van der Waals surface area contributed by atoms with Crippen molar-refractivity contribution in [2.45, 2.75) is 102 Å². The molecule has 1 saturated heterocycles. The van der Waals surface area contributed by atoms with Gasteiger partial charge in [0.15, 0.2) is 0 Å². The molecule has 1 aliphatic rings. The SMILES string of the molecule is CCCC(=O)OC1(O)OC[C@@](O)(OC(=O)CCC)[C@](O)(OC(=O)CCC)[C@@]1(O)OC(=O)CCC. The van der Waals surface area contributed by atoms with Gasteiger partial charge in [0.25, 0.3) is 0 Å². The normalized spacial score (nSPS) is 30.8. The molecule has 13 nitrogen and oxygen atoms in total. The lowest BCUT2D eigenvalue weighted by Crippen LogP contribution is -2.85. The van der Waals surface area contributed by atoms with Crippen LogP contribution in [0.1, 0.15) is 79.1 Å². The van der Waals surface area contributed by atoms with E-state index in [2.05, 4.69) is 0 Å². The Kier molecular flexibility index (Phi) is 10.4. The van der Waals surface area contributed by atoms with Crippen LogP contribution in [0.3, 0.4) is 0 Å². The molecule has 0 bridgehead atoms. The minimum atomic E-state index is -3.99. The molecule has 13 heteroatoms. The van der Waals surface area contributed by atoms with Gasteiger partial charge in [0.2, 0.25) is 0 Å². The number of carbonyl (C=O) groups is 4. The Morgan fingerprint density at radius 3 is 1.38 bits per heavy atom. The topological polar surface area (TPSA) is 195 Å². The molecular weight excluding hydrogens is 460 g/mol. The minimum absolute atomic E-state index is 0.174. The molecule has 1 rings (SSSR count). The summed E-state index contributed by atoms with van der Waals surface area (Å²) in [5, 5.41) is 44.7. The first-order valence-corrected chi connectivity index (χ1v) is 11.2. The summed E-state index contributed by atoms with van der Waals surface area (Å²) in [4.78, 5) is 48.9. The van der Waals surface area contributed by atoms with Crippen molar-refractivity contribution in [1.82, 2.24) is 0 Å². The van der Waals surface area contributed by atoms with E-state index >= 15 is 0 Å². The van der Waals surface area contributed by atoms with Crippen LogP contribution in [-0.2, 0) is 42.9 Å². The van der Waals surface area contributed by atoms with Gasteiger partial charge in [0.05, 0.1) is 0 Å². The fourth-order valence-corrected chi connectivity index (χ4v) is 3.04. The van der Waals surface area contributed by atoms with E-state index < -0.39 is 53.8 Å². The molecule has 1 aliphatic heterocycles. The van der Waals surface area contributed by atoms with E-state index in [0.29, 0.717) is 0 Å². The Labute approximate surface area is 196 Å². The van der Waals surface area contributed by atoms with Gasteiger partial charge in [-0.1, -0.05) is 27.7 Å². The predicted molar refractivity (Wildman–Crippen MR) is 110 cm³/mol. The zero-order valence-corrected chi connectivity index (χ0v) is 19.8. The van der Waals surface area contributed by atoms with Gasteiger partial charge in [-0.3, -0.25) is 19.2 Å². The van der Waals surface area contributed by atoms with Crippen molar-refractivity contribution in [3.8, 4) is 0 Å². The molecule has 0 aromatic heterocycles. The van der Waals surface area contributed by atoms with Crippen molar-refractivity contribution in [2.24, 2.45) is 0 Å².